The first-order valence-corrected chi connectivity index (χ1v) is 17.2. The number of allylic oxidation sites excluding steroid dienone is 8. The Balaban J connectivity index is 1.12. The summed E-state index contributed by atoms with van der Waals surface area (Å²) in [6, 6.07) is 41.0. The first-order valence-electron chi connectivity index (χ1n) is 17.2. The van der Waals surface area contributed by atoms with E-state index < -0.39 is 0 Å². The van der Waals surface area contributed by atoms with Crippen LogP contribution in [0, 0.1) is 0 Å². The summed E-state index contributed by atoms with van der Waals surface area (Å²) in [6.45, 7) is 6.30. The van der Waals surface area contributed by atoms with Gasteiger partial charge in [0.1, 0.15) is 0 Å². The first kappa shape index (κ1) is 28.6. The van der Waals surface area contributed by atoms with Crippen LogP contribution in [0.1, 0.15) is 37.1 Å². The Bertz CT molecular complexity index is 2530. The molecular weight excluding hydrogens is 579 g/mol. The molecule has 6 aromatic carbocycles. The number of fused-ring (bicyclic) bond motifs is 9. The molecule has 0 bridgehead atoms. The van der Waals surface area contributed by atoms with E-state index in [2.05, 4.69) is 163 Å². The predicted octanol–water partition coefficient (Wildman–Crippen LogP) is 13.0. The molecule has 1 heterocycles. The van der Waals surface area contributed by atoms with Gasteiger partial charge in [-0.1, -0.05) is 134 Å². The lowest BCUT2D eigenvalue weighted by molar-refractivity contribution is 0.597. The van der Waals surface area contributed by atoms with E-state index in [1.807, 2.05) is 6.92 Å². The van der Waals surface area contributed by atoms with Crippen molar-refractivity contribution in [3.05, 3.63) is 175 Å². The van der Waals surface area contributed by atoms with Crippen molar-refractivity contribution < 1.29 is 0 Å². The molecule has 1 nitrogen and oxygen atoms in total. The fourth-order valence-electron chi connectivity index (χ4n) is 8.11. The van der Waals surface area contributed by atoms with Gasteiger partial charge < -0.3 is 4.57 Å². The Hall–Kier alpha value is -5.66. The molecule has 48 heavy (non-hydrogen) atoms. The molecule has 230 valence electrons. The van der Waals surface area contributed by atoms with Crippen molar-refractivity contribution in [3.63, 3.8) is 0 Å². The van der Waals surface area contributed by atoms with Crippen molar-refractivity contribution >= 4 is 49.3 Å². The summed E-state index contributed by atoms with van der Waals surface area (Å²) in [5.74, 6) is 0. The lowest BCUT2D eigenvalue weighted by atomic mass is 9.91. The zero-order valence-corrected chi connectivity index (χ0v) is 27.3. The van der Waals surface area contributed by atoms with Crippen LogP contribution in [0.4, 0.5) is 0 Å². The number of nitrogens with zero attached hydrogens (tertiary/aromatic N) is 1. The Morgan fingerprint density at radius 2 is 1.29 bits per heavy atom. The van der Waals surface area contributed by atoms with E-state index in [4.69, 9.17) is 0 Å². The Morgan fingerprint density at radius 1 is 0.667 bits per heavy atom. The molecule has 0 amide bonds. The molecule has 0 saturated heterocycles. The van der Waals surface area contributed by atoms with Gasteiger partial charge in [0.05, 0.1) is 6.04 Å². The summed E-state index contributed by atoms with van der Waals surface area (Å²) in [7, 11) is 0. The zero-order chi connectivity index (χ0) is 32.2. The van der Waals surface area contributed by atoms with Gasteiger partial charge >= 0.3 is 0 Å². The van der Waals surface area contributed by atoms with Gasteiger partial charge in [0.15, 0.2) is 0 Å². The van der Waals surface area contributed by atoms with Gasteiger partial charge in [-0.15, -0.1) is 0 Å². The second kappa shape index (κ2) is 11.5. The Labute approximate surface area is 282 Å². The van der Waals surface area contributed by atoms with Crippen molar-refractivity contribution in [2.75, 3.05) is 0 Å². The van der Waals surface area contributed by atoms with Gasteiger partial charge in [-0.2, -0.15) is 0 Å². The van der Waals surface area contributed by atoms with E-state index in [1.165, 1.54) is 82.3 Å². The number of hydrogen-bond acceptors (Lipinski definition) is 0. The molecule has 0 fully saturated rings. The molecule has 2 aliphatic rings. The SMILES string of the molecule is C=C(/C=C\C)C1=CCC(n2c3c(c4cc(-c5cccc(-c6ccc7c8ccccc8c8ccccc8c7c6)c5)ccc42)C=CCC3)C=C1. The minimum absolute atomic E-state index is 0.306. The monoisotopic (exact) mass is 615 g/mol. The normalized spacial score (nSPS) is 15.9. The smallest absolute Gasteiger partial charge is 0.0557 e. The highest BCUT2D eigenvalue weighted by Gasteiger charge is 2.23. The maximum Gasteiger partial charge on any atom is 0.0557 e. The van der Waals surface area contributed by atoms with E-state index in [1.54, 1.807) is 0 Å². The van der Waals surface area contributed by atoms with Crippen LogP contribution in [0.2, 0.25) is 0 Å². The summed E-state index contributed by atoms with van der Waals surface area (Å²) in [5.41, 5.74) is 11.4. The summed E-state index contributed by atoms with van der Waals surface area (Å²) in [4.78, 5) is 0. The highest BCUT2D eigenvalue weighted by Crippen LogP contribution is 2.40. The Kier molecular flexibility index (Phi) is 6.87. The number of benzene rings is 6. The molecule has 0 aliphatic heterocycles. The fourth-order valence-corrected chi connectivity index (χ4v) is 8.11. The van der Waals surface area contributed by atoms with E-state index in [0.717, 1.165) is 24.8 Å². The summed E-state index contributed by atoms with van der Waals surface area (Å²) < 4.78 is 2.60. The molecule has 0 saturated carbocycles. The second-order valence-corrected chi connectivity index (χ2v) is 13.2. The molecule has 0 spiro atoms. The number of aromatic nitrogens is 1. The van der Waals surface area contributed by atoms with Crippen molar-refractivity contribution in [2.45, 2.75) is 32.2 Å². The quantitative estimate of drug-likeness (QED) is 0.134. The molecule has 0 radical (unpaired) electrons. The van der Waals surface area contributed by atoms with E-state index in [0.29, 0.717) is 6.04 Å². The maximum absolute atomic E-state index is 4.25. The largest absolute Gasteiger partial charge is 0.337 e. The van der Waals surface area contributed by atoms with Crippen molar-refractivity contribution in [1.82, 2.24) is 4.57 Å². The average Bonchev–Trinajstić information content (AvgIpc) is 3.48. The van der Waals surface area contributed by atoms with Crippen LogP contribution in [-0.4, -0.2) is 4.57 Å². The van der Waals surface area contributed by atoms with E-state index in [9.17, 15) is 0 Å². The van der Waals surface area contributed by atoms with Crippen molar-refractivity contribution in [3.8, 4) is 22.3 Å². The summed E-state index contributed by atoms with van der Waals surface area (Å²) in [6.07, 6.45) is 18.9. The van der Waals surface area contributed by atoms with Gasteiger partial charge in [0.2, 0.25) is 0 Å². The molecule has 1 unspecified atom stereocenters. The van der Waals surface area contributed by atoms with Crippen molar-refractivity contribution in [1.29, 1.82) is 0 Å². The summed E-state index contributed by atoms with van der Waals surface area (Å²) >= 11 is 0. The third-order valence-corrected chi connectivity index (χ3v) is 10.4. The maximum atomic E-state index is 4.25. The molecule has 1 heteroatoms. The van der Waals surface area contributed by atoms with Crippen LogP contribution in [-0.2, 0) is 6.42 Å². The predicted molar refractivity (Wildman–Crippen MR) is 208 cm³/mol. The van der Waals surface area contributed by atoms with Gasteiger partial charge in [-0.05, 0) is 116 Å². The average molecular weight is 616 g/mol. The van der Waals surface area contributed by atoms with Crippen LogP contribution in [0.25, 0.3) is 71.6 Å². The third-order valence-electron chi connectivity index (χ3n) is 10.4. The minimum Gasteiger partial charge on any atom is -0.337 e. The highest BCUT2D eigenvalue weighted by molar-refractivity contribution is 6.25. The molecule has 1 atom stereocenters. The number of rotatable bonds is 5. The van der Waals surface area contributed by atoms with Crippen LogP contribution in [0.5, 0.6) is 0 Å². The first-order chi connectivity index (χ1) is 23.7. The zero-order valence-electron chi connectivity index (χ0n) is 27.3. The van der Waals surface area contributed by atoms with Crippen LogP contribution in [0.15, 0.2) is 163 Å². The highest BCUT2D eigenvalue weighted by atomic mass is 15.0. The fraction of sp³-hybridized carbons (Fsp3) is 0.106. The molecule has 9 rings (SSSR count). The third kappa shape index (κ3) is 4.61. The standard InChI is InChI=1S/C47H37N/c1-3-11-31(2)32-20-24-37(25-21-32)48-46-19-9-8-18-43(46)45-30-36(23-27-47(45)48)34-13-10-12-33(28-34)35-22-26-42-40-16-5-4-14-38(40)39-15-6-7-17-41(39)44(42)29-35/h3-8,10-18,20-24,26-30,37H,2,9,19,25H2,1H3/b11-3-. The van der Waals surface area contributed by atoms with Gasteiger partial charge in [0.25, 0.3) is 0 Å². The molecule has 1 aromatic heterocycles. The summed E-state index contributed by atoms with van der Waals surface area (Å²) in [5, 5.41) is 9.19. The van der Waals surface area contributed by atoms with E-state index >= 15 is 0 Å². The van der Waals surface area contributed by atoms with E-state index in [-0.39, 0.29) is 0 Å². The van der Waals surface area contributed by atoms with Crippen molar-refractivity contribution in [2.24, 2.45) is 0 Å². The van der Waals surface area contributed by atoms with Gasteiger partial charge in [0, 0.05) is 22.2 Å². The van der Waals surface area contributed by atoms with Crippen LogP contribution >= 0.6 is 0 Å². The Morgan fingerprint density at radius 3 is 1.96 bits per heavy atom. The topological polar surface area (TPSA) is 4.93 Å². The molecule has 2 aliphatic carbocycles. The van der Waals surface area contributed by atoms with Crippen LogP contribution < -0.4 is 0 Å². The van der Waals surface area contributed by atoms with Gasteiger partial charge in [-0.25, -0.2) is 0 Å². The minimum atomic E-state index is 0.306. The molecular formula is C47H37N. The lowest BCUT2D eigenvalue weighted by Gasteiger charge is -2.23. The number of hydrogen-bond donors (Lipinski definition) is 0. The molecule has 0 N–H and O–H groups in total. The second-order valence-electron chi connectivity index (χ2n) is 13.2. The van der Waals surface area contributed by atoms with Crippen LogP contribution in [0.3, 0.4) is 0 Å². The molecule has 7 aromatic rings. The lowest BCUT2D eigenvalue weighted by Crippen LogP contribution is -2.12. The van der Waals surface area contributed by atoms with Gasteiger partial charge in [-0.3, -0.25) is 0 Å².